The number of hydrogen-bond donors (Lipinski definition) is 1. The summed E-state index contributed by atoms with van der Waals surface area (Å²) in [6.07, 6.45) is 0.644. The van der Waals surface area contributed by atoms with Crippen LogP contribution in [0, 0.1) is 23.0 Å². The van der Waals surface area contributed by atoms with Gasteiger partial charge in [0, 0.05) is 36.3 Å². The Balaban J connectivity index is 1.65. The highest BCUT2D eigenvalue weighted by Gasteiger charge is 2.42. The number of carbonyl (C=O) groups is 2. The third-order valence-corrected chi connectivity index (χ3v) is 6.32. The number of nitrogens with one attached hydrogen (secondary N) is 1. The van der Waals surface area contributed by atoms with Crippen LogP contribution in [0.2, 0.25) is 0 Å². The molecule has 0 saturated carbocycles. The number of para-hydroxylation sites is 1. The normalized spacial score (nSPS) is 17.7. The lowest BCUT2D eigenvalue weighted by molar-refractivity contribution is -0.384. The maximum absolute atomic E-state index is 13.5. The smallest absolute Gasteiger partial charge is 0.269 e. The average Bonchev–Trinajstić information content (AvgIpc) is 2.88. The van der Waals surface area contributed by atoms with E-state index >= 15 is 0 Å². The predicted octanol–water partition coefficient (Wildman–Crippen LogP) is 4.71. The number of rotatable bonds is 7. The van der Waals surface area contributed by atoms with E-state index in [0.29, 0.717) is 12.2 Å². The van der Waals surface area contributed by atoms with Crippen molar-refractivity contribution in [2.24, 2.45) is 5.92 Å². The molecule has 2 atom stereocenters. The van der Waals surface area contributed by atoms with Gasteiger partial charge in [0.25, 0.3) is 5.69 Å². The van der Waals surface area contributed by atoms with Crippen molar-refractivity contribution in [3.63, 3.8) is 0 Å². The first kappa shape index (κ1) is 23.9. The fraction of sp³-hybridized carbons (Fsp3) is 0.259. The third kappa shape index (κ3) is 5.16. The van der Waals surface area contributed by atoms with Crippen LogP contribution in [0.25, 0.3) is 0 Å². The molecule has 0 radical (unpaired) electrons. The Hall–Kier alpha value is -4.20. The van der Waals surface area contributed by atoms with Gasteiger partial charge in [-0.3, -0.25) is 19.7 Å². The summed E-state index contributed by atoms with van der Waals surface area (Å²) < 4.78 is 5.60. The predicted molar refractivity (Wildman–Crippen MR) is 132 cm³/mol. The molecule has 0 aliphatic carbocycles. The number of carbonyl (C=O) groups excluding carboxylic acids is 2. The van der Waals surface area contributed by atoms with Gasteiger partial charge < -0.3 is 15.0 Å². The Bertz CT molecular complexity index is 1220. The molecule has 1 N–H and O–H groups in total. The number of hydrogen-bond acceptors (Lipinski definition) is 5. The van der Waals surface area contributed by atoms with Crippen molar-refractivity contribution >= 4 is 23.2 Å². The zero-order valence-corrected chi connectivity index (χ0v) is 19.6. The van der Waals surface area contributed by atoms with Gasteiger partial charge in [-0.15, -0.1) is 0 Å². The minimum Gasteiger partial charge on any atom is -0.496 e. The van der Waals surface area contributed by atoms with Crippen LogP contribution in [0.15, 0.2) is 72.8 Å². The molecule has 2 unspecified atom stereocenters. The van der Waals surface area contributed by atoms with E-state index in [-0.39, 0.29) is 30.5 Å². The van der Waals surface area contributed by atoms with E-state index in [1.54, 1.807) is 24.1 Å². The number of anilines is 1. The van der Waals surface area contributed by atoms with Crippen LogP contribution >= 0.6 is 0 Å². The Morgan fingerprint density at radius 3 is 2.43 bits per heavy atom. The zero-order chi connectivity index (χ0) is 24.9. The summed E-state index contributed by atoms with van der Waals surface area (Å²) in [4.78, 5) is 38.8. The quantitative estimate of drug-likeness (QED) is 0.395. The number of nitrogens with zero attached hydrogens (tertiary/aromatic N) is 2. The van der Waals surface area contributed by atoms with Gasteiger partial charge in [0.2, 0.25) is 11.8 Å². The molecule has 0 aromatic heterocycles. The number of methoxy groups -OCH3 is 1. The van der Waals surface area contributed by atoms with Gasteiger partial charge in [-0.1, -0.05) is 48.0 Å². The monoisotopic (exact) mass is 473 g/mol. The van der Waals surface area contributed by atoms with Gasteiger partial charge in [0.1, 0.15) is 5.75 Å². The summed E-state index contributed by atoms with van der Waals surface area (Å²) >= 11 is 0. The van der Waals surface area contributed by atoms with Crippen LogP contribution in [0.1, 0.15) is 35.6 Å². The number of piperidine rings is 1. The minimum absolute atomic E-state index is 0.00385. The van der Waals surface area contributed by atoms with Crippen molar-refractivity contribution in [1.29, 1.82) is 0 Å². The summed E-state index contributed by atoms with van der Waals surface area (Å²) in [5, 5.41) is 13.9. The number of nitro groups is 1. The average molecular weight is 474 g/mol. The second-order valence-electron chi connectivity index (χ2n) is 8.57. The summed E-state index contributed by atoms with van der Waals surface area (Å²) in [6.45, 7) is 2.21. The summed E-state index contributed by atoms with van der Waals surface area (Å²) in [5.41, 5.74) is 3.31. The fourth-order valence-electron chi connectivity index (χ4n) is 4.50. The SMILES string of the molecule is COc1ccccc1C1C(C(=O)NCc2ccc([N+](=O)[O-])cc2)CCC(=O)N1c1ccc(C)cc1. The fourth-order valence-corrected chi connectivity index (χ4v) is 4.50. The number of benzene rings is 3. The van der Waals surface area contributed by atoms with Crippen molar-refractivity contribution in [1.82, 2.24) is 5.32 Å². The molecule has 1 saturated heterocycles. The number of aryl methyl sites for hydroxylation is 1. The van der Waals surface area contributed by atoms with E-state index in [4.69, 9.17) is 4.74 Å². The number of nitro benzene ring substituents is 1. The van der Waals surface area contributed by atoms with E-state index in [9.17, 15) is 19.7 Å². The summed E-state index contributed by atoms with van der Waals surface area (Å²) in [7, 11) is 1.57. The molecule has 1 fully saturated rings. The topological polar surface area (TPSA) is 102 Å². The number of non-ortho nitro benzene ring substituents is 1. The molecule has 0 bridgehead atoms. The molecule has 8 nitrogen and oxygen atoms in total. The summed E-state index contributed by atoms with van der Waals surface area (Å²) in [6, 6.07) is 20.6. The lowest BCUT2D eigenvalue weighted by Crippen LogP contribution is -2.48. The zero-order valence-electron chi connectivity index (χ0n) is 19.6. The van der Waals surface area contributed by atoms with E-state index in [2.05, 4.69) is 5.32 Å². The van der Waals surface area contributed by atoms with Crippen molar-refractivity contribution in [3.05, 3.63) is 99.6 Å². The molecule has 1 aliphatic heterocycles. The lowest BCUT2D eigenvalue weighted by Gasteiger charge is -2.41. The Labute approximate surface area is 203 Å². The number of amides is 2. The standard InChI is InChI=1S/C27H27N3O5/c1-18-7-11-20(12-8-18)29-25(31)16-15-23(26(29)22-5-3-4-6-24(22)35-2)27(32)28-17-19-9-13-21(14-10-19)30(33)34/h3-14,23,26H,15-17H2,1-2H3,(H,28,32). The first-order chi connectivity index (χ1) is 16.9. The minimum atomic E-state index is -0.549. The van der Waals surface area contributed by atoms with Crippen LogP contribution in [0.5, 0.6) is 5.75 Å². The maximum atomic E-state index is 13.5. The molecular formula is C27H27N3O5. The lowest BCUT2D eigenvalue weighted by atomic mass is 9.82. The molecule has 2 amide bonds. The van der Waals surface area contributed by atoms with Gasteiger partial charge in [-0.25, -0.2) is 0 Å². The Morgan fingerprint density at radius 2 is 1.77 bits per heavy atom. The van der Waals surface area contributed by atoms with Gasteiger partial charge in [0.15, 0.2) is 0 Å². The van der Waals surface area contributed by atoms with Gasteiger partial charge in [-0.05, 0) is 37.1 Å². The second kappa shape index (κ2) is 10.4. The van der Waals surface area contributed by atoms with E-state index in [1.807, 2.05) is 55.5 Å². The highest BCUT2D eigenvalue weighted by atomic mass is 16.6. The highest BCUT2D eigenvalue weighted by Crippen LogP contribution is 2.43. The van der Waals surface area contributed by atoms with Crippen molar-refractivity contribution < 1.29 is 19.2 Å². The van der Waals surface area contributed by atoms with Crippen molar-refractivity contribution in [2.45, 2.75) is 32.4 Å². The molecule has 8 heteroatoms. The first-order valence-corrected chi connectivity index (χ1v) is 11.4. The molecule has 0 spiro atoms. The molecule has 1 aliphatic rings. The summed E-state index contributed by atoms with van der Waals surface area (Å²) in [5.74, 6) is -0.145. The molecular weight excluding hydrogens is 446 g/mol. The van der Waals surface area contributed by atoms with E-state index in [0.717, 1.165) is 22.4 Å². The van der Waals surface area contributed by atoms with Crippen LogP contribution in [-0.2, 0) is 16.1 Å². The molecule has 3 aromatic carbocycles. The van der Waals surface area contributed by atoms with Crippen molar-refractivity contribution in [2.75, 3.05) is 12.0 Å². The van der Waals surface area contributed by atoms with Crippen LogP contribution in [0.4, 0.5) is 11.4 Å². The maximum Gasteiger partial charge on any atom is 0.269 e. The molecule has 4 rings (SSSR count). The van der Waals surface area contributed by atoms with Gasteiger partial charge >= 0.3 is 0 Å². The first-order valence-electron chi connectivity index (χ1n) is 11.4. The van der Waals surface area contributed by atoms with E-state index in [1.165, 1.54) is 12.1 Å². The Morgan fingerprint density at radius 1 is 1.09 bits per heavy atom. The van der Waals surface area contributed by atoms with Crippen LogP contribution in [-0.4, -0.2) is 23.8 Å². The molecule has 3 aromatic rings. The number of ether oxygens (including phenoxy) is 1. The van der Waals surface area contributed by atoms with E-state index < -0.39 is 16.9 Å². The van der Waals surface area contributed by atoms with Crippen LogP contribution in [0.3, 0.4) is 0 Å². The van der Waals surface area contributed by atoms with Gasteiger partial charge in [-0.2, -0.15) is 0 Å². The Kier molecular flexibility index (Phi) is 7.10. The molecule has 180 valence electrons. The largest absolute Gasteiger partial charge is 0.496 e. The van der Waals surface area contributed by atoms with Gasteiger partial charge in [0.05, 0.1) is 24.0 Å². The van der Waals surface area contributed by atoms with Crippen molar-refractivity contribution in [3.8, 4) is 5.75 Å². The second-order valence-corrected chi connectivity index (χ2v) is 8.57. The molecule has 35 heavy (non-hydrogen) atoms. The highest BCUT2D eigenvalue weighted by molar-refractivity contribution is 5.97. The molecule has 1 heterocycles. The van der Waals surface area contributed by atoms with Crippen LogP contribution < -0.4 is 15.0 Å². The third-order valence-electron chi connectivity index (χ3n) is 6.32.